The van der Waals surface area contributed by atoms with Crippen molar-refractivity contribution in [2.75, 3.05) is 7.05 Å². The molecule has 0 fully saturated rings. The average molecular weight is 290 g/mol. The van der Waals surface area contributed by atoms with E-state index >= 15 is 0 Å². The van der Waals surface area contributed by atoms with Crippen LogP contribution >= 0.6 is 0 Å². The molecule has 0 aromatic heterocycles. The van der Waals surface area contributed by atoms with E-state index in [2.05, 4.69) is 12.1 Å². The van der Waals surface area contributed by atoms with Crippen LogP contribution in [0.5, 0.6) is 0 Å². The maximum absolute atomic E-state index is 12.4. The molecule has 1 aromatic carbocycles. The zero-order chi connectivity index (χ0) is 15.4. The molecule has 0 heterocycles. The van der Waals surface area contributed by atoms with Crippen LogP contribution < -0.4 is 5.73 Å². The van der Waals surface area contributed by atoms with Gasteiger partial charge in [-0.3, -0.25) is 9.59 Å². The van der Waals surface area contributed by atoms with E-state index in [1.807, 2.05) is 12.1 Å². The molecule has 0 saturated heterocycles. The van der Waals surface area contributed by atoms with Crippen molar-refractivity contribution in [2.24, 2.45) is 5.73 Å². The number of hydrogen-bond donors (Lipinski definition) is 2. The number of amides is 1. The van der Waals surface area contributed by atoms with Gasteiger partial charge in [-0.05, 0) is 36.8 Å². The highest BCUT2D eigenvalue weighted by atomic mass is 16.4. The average Bonchev–Trinajstić information content (AvgIpc) is 2.50. The third kappa shape index (κ3) is 3.61. The monoisotopic (exact) mass is 290 g/mol. The molecule has 3 N–H and O–H groups in total. The first kappa shape index (κ1) is 15.5. The van der Waals surface area contributed by atoms with Crippen molar-refractivity contribution in [2.45, 2.75) is 44.2 Å². The fourth-order valence-corrected chi connectivity index (χ4v) is 2.95. The molecule has 0 saturated carbocycles. The molecule has 5 nitrogen and oxygen atoms in total. The molecule has 21 heavy (non-hydrogen) atoms. The summed E-state index contributed by atoms with van der Waals surface area (Å²) in [7, 11) is 1.76. The first-order valence-corrected chi connectivity index (χ1v) is 7.32. The van der Waals surface area contributed by atoms with Crippen molar-refractivity contribution in [1.29, 1.82) is 0 Å². The molecule has 1 aliphatic carbocycles. The number of carboxylic acids is 1. The Bertz CT molecular complexity index is 530. The van der Waals surface area contributed by atoms with E-state index in [9.17, 15) is 9.59 Å². The number of nitrogens with two attached hydrogens (primary N) is 1. The number of aliphatic carboxylic acids is 1. The Morgan fingerprint density at radius 3 is 2.86 bits per heavy atom. The number of fused-ring (bicyclic) bond motifs is 1. The van der Waals surface area contributed by atoms with Gasteiger partial charge in [-0.25, -0.2) is 0 Å². The predicted octanol–water partition coefficient (Wildman–Crippen LogP) is 1.71. The predicted molar refractivity (Wildman–Crippen MR) is 79.7 cm³/mol. The Morgan fingerprint density at radius 2 is 2.14 bits per heavy atom. The minimum atomic E-state index is -0.927. The number of rotatable bonds is 5. The van der Waals surface area contributed by atoms with Crippen LogP contribution in [-0.4, -0.2) is 35.0 Å². The zero-order valence-corrected chi connectivity index (χ0v) is 12.3. The van der Waals surface area contributed by atoms with Crippen LogP contribution in [0.3, 0.4) is 0 Å². The van der Waals surface area contributed by atoms with Gasteiger partial charge >= 0.3 is 5.97 Å². The largest absolute Gasteiger partial charge is 0.481 e. The molecule has 114 valence electrons. The van der Waals surface area contributed by atoms with E-state index in [4.69, 9.17) is 10.8 Å². The van der Waals surface area contributed by atoms with Crippen LogP contribution in [0.2, 0.25) is 0 Å². The molecular formula is C16H22N2O3. The van der Waals surface area contributed by atoms with Crippen molar-refractivity contribution < 1.29 is 14.7 Å². The number of carbonyl (C=O) groups is 2. The smallest absolute Gasteiger partial charge is 0.303 e. The van der Waals surface area contributed by atoms with Gasteiger partial charge in [-0.2, -0.15) is 0 Å². The molecule has 1 amide bonds. The highest BCUT2D eigenvalue weighted by Gasteiger charge is 2.29. The summed E-state index contributed by atoms with van der Waals surface area (Å²) < 4.78 is 0. The minimum Gasteiger partial charge on any atom is -0.481 e. The molecule has 0 aliphatic heterocycles. The van der Waals surface area contributed by atoms with Gasteiger partial charge in [0.2, 0.25) is 5.91 Å². The van der Waals surface area contributed by atoms with E-state index in [1.165, 1.54) is 11.1 Å². The van der Waals surface area contributed by atoms with Crippen molar-refractivity contribution in [3.8, 4) is 0 Å². The number of carboxylic acid groups (broad SMARTS) is 1. The second kappa shape index (κ2) is 6.72. The topological polar surface area (TPSA) is 83.6 Å². The summed E-state index contributed by atoms with van der Waals surface area (Å²) in [6.07, 6.45) is 3.10. The number of benzene rings is 1. The Balaban J connectivity index is 2.08. The SMILES string of the molecule is CN(C(=O)C(N)CCC(=O)O)C1CCCc2ccccc21. The fraction of sp³-hybridized carbons (Fsp3) is 0.500. The highest BCUT2D eigenvalue weighted by molar-refractivity contribution is 5.82. The molecule has 0 bridgehead atoms. The lowest BCUT2D eigenvalue weighted by Crippen LogP contribution is -2.44. The van der Waals surface area contributed by atoms with Gasteiger partial charge in [-0.15, -0.1) is 0 Å². The molecule has 1 aromatic rings. The van der Waals surface area contributed by atoms with Crippen LogP contribution in [-0.2, 0) is 16.0 Å². The molecular weight excluding hydrogens is 268 g/mol. The Labute approximate surface area is 124 Å². The Kier molecular flexibility index (Phi) is 4.96. The molecule has 1 aliphatic rings. The van der Waals surface area contributed by atoms with Gasteiger partial charge in [0, 0.05) is 13.5 Å². The van der Waals surface area contributed by atoms with Crippen LogP contribution in [0.15, 0.2) is 24.3 Å². The first-order valence-electron chi connectivity index (χ1n) is 7.32. The number of likely N-dealkylation sites (N-methyl/N-ethyl adjacent to an activating group) is 1. The molecule has 0 spiro atoms. The molecule has 2 unspecified atom stereocenters. The second-order valence-electron chi connectivity index (χ2n) is 5.59. The standard InChI is InChI=1S/C16H22N2O3/c1-18(16(21)13(17)9-10-15(19)20)14-8-4-6-11-5-2-3-7-12(11)14/h2-3,5,7,13-14H,4,6,8-10,17H2,1H3,(H,19,20). The molecule has 5 heteroatoms. The Hall–Kier alpha value is -1.88. The van der Waals surface area contributed by atoms with E-state index in [1.54, 1.807) is 11.9 Å². The van der Waals surface area contributed by atoms with Crippen LogP contribution in [0.4, 0.5) is 0 Å². The van der Waals surface area contributed by atoms with E-state index < -0.39 is 12.0 Å². The lowest BCUT2D eigenvalue weighted by molar-refractivity contribution is -0.138. The van der Waals surface area contributed by atoms with Gasteiger partial charge in [0.1, 0.15) is 0 Å². The number of nitrogens with zero attached hydrogens (tertiary/aromatic N) is 1. The first-order chi connectivity index (χ1) is 10.0. The highest BCUT2D eigenvalue weighted by Crippen LogP contribution is 2.33. The third-order valence-electron chi connectivity index (χ3n) is 4.14. The van der Waals surface area contributed by atoms with Crippen LogP contribution in [0, 0.1) is 0 Å². The number of carbonyl (C=O) groups excluding carboxylic acids is 1. The van der Waals surface area contributed by atoms with Gasteiger partial charge in [0.05, 0.1) is 12.1 Å². The maximum Gasteiger partial charge on any atom is 0.303 e. The quantitative estimate of drug-likeness (QED) is 0.864. The van der Waals surface area contributed by atoms with E-state index in [-0.39, 0.29) is 24.8 Å². The summed E-state index contributed by atoms with van der Waals surface area (Å²) in [5.74, 6) is -1.11. The second-order valence-corrected chi connectivity index (χ2v) is 5.59. The molecule has 0 radical (unpaired) electrons. The normalized spacial score (nSPS) is 18.7. The van der Waals surface area contributed by atoms with Crippen LogP contribution in [0.1, 0.15) is 42.9 Å². The van der Waals surface area contributed by atoms with Gasteiger partial charge in [0.25, 0.3) is 0 Å². The minimum absolute atomic E-state index is 0.0401. The summed E-state index contributed by atoms with van der Waals surface area (Å²) in [5.41, 5.74) is 8.31. The summed E-state index contributed by atoms with van der Waals surface area (Å²) in [6, 6.07) is 7.45. The van der Waals surface area contributed by atoms with Crippen LogP contribution in [0.25, 0.3) is 0 Å². The number of aryl methyl sites for hydroxylation is 1. The summed E-state index contributed by atoms with van der Waals surface area (Å²) in [4.78, 5) is 24.6. The fourth-order valence-electron chi connectivity index (χ4n) is 2.95. The van der Waals surface area contributed by atoms with Gasteiger partial charge in [-0.1, -0.05) is 24.3 Å². The van der Waals surface area contributed by atoms with Gasteiger partial charge < -0.3 is 15.7 Å². The van der Waals surface area contributed by atoms with E-state index in [0.717, 1.165) is 19.3 Å². The Morgan fingerprint density at radius 1 is 1.43 bits per heavy atom. The maximum atomic E-state index is 12.4. The lowest BCUT2D eigenvalue weighted by atomic mass is 9.86. The third-order valence-corrected chi connectivity index (χ3v) is 4.14. The van der Waals surface area contributed by atoms with Crippen molar-refractivity contribution in [3.63, 3.8) is 0 Å². The number of hydrogen-bond acceptors (Lipinski definition) is 3. The van der Waals surface area contributed by atoms with Crippen molar-refractivity contribution in [3.05, 3.63) is 35.4 Å². The summed E-state index contributed by atoms with van der Waals surface area (Å²) in [5, 5.41) is 8.68. The van der Waals surface area contributed by atoms with Gasteiger partial charge in [0.15, 0.2) is 0 Å². The summed E-state index contributed by atoms with van der Waals surface area (Å²) >= 11 is 0. The zero-order valence-electron chi connectivity index (χ0n) is 12.3. The summed E-state index contributed by atoms with van der Waals surface area (Å²) in [6.45, 7) is 0. The van der Waals surface area contributed by atoms with E-state index in [0.29, 0.717) is 0 Å². The molecule has 2 rings (SSSR count). The lowest BCUT2D eigenvalue weighted by Gasteiger charge is -2.34. The van der Waals surface area contributed by atoms with Crippen molar-refractivity contribution >= 4 is 11.9 Å². The molecule has 2 atom stereocenters. The van der Waals surface area contributed by atoms with Crippen molar-refractivity contribution in [1.82, 2.24) is 4.90 Å².